The van der Waals surface area contributed by atoms with Gasteiger partial charge < -0.3 is 15.0 Å². The van der Waals surface area contributed by atoms with E-state index in [2.05, 4.69) is 4.98 Å². The van der Waals surface area contributed by atoms with Gasteiger partial charge in [0.1, 0.15) is 5.82 Å². The van der Waals surface area contributed by atoms with Gasteiger partial charge in [-0.2, -0.15) is 0 Å². The normalized spacial score (nSPS) is 10.9. The number of carbonyl (C=O) groups is 1. The Kier molecular flexibility index (Phi) is 3.90. The third-order valence-corrected chi connectivity index (χ3v) is 3.04. The molecule has 0 aliphatic rings. The van der Waals surface area contributed by atoms with Crippen LogP contribution in [-0.4, -0.2) is 22.6 Å². The van der Waals surface area contributed by atoms with Crippen molar-refractivity contribution in [2.75, 3.05) is 7.11 Å². The number of ether oxygens (including phenoxy) is 1. The van der Waals surface area contributed by atoms with E-state index in [0.717, 1.165) is 0 Å². The SMILES string of the molecule is COc1cc2c(cc1F)nc(CCl)n2CCC(N)=O. The van der Waals surface area contributed by atoms with Gasteiger partial charge in [-0.3, -0.25) is 4.79 Å². The predicted octanol–water partition coefficient (Wildman–Crippen LogP) is 1.80. The van der Waals surface area contributed by atoms with Crippen LogP contribution in [0.2, 0.25) is 0 Å². The van der Waals surface area contributed by atoms with Crippen molar-refractivity contribution in [1.82, 2.24) is 9.55 Å². The molecule has 102 valence electrons. The molecule has 0 fully saturated rings. The first-order valence-electron chi connectivity index (χ1n) is 5.63. The van der Waals surface area contributed by atoms with Gasteiger partial charge in [0.15, 0.2) is 11.6 Å². The highest BCUT2D eigenvalue weighted by molar-refractivity contribution is 6.16. The van der Waals surface area contributed by atoms with Crippen molar-refractivity contribution >= 4 is 28.5 Å². The highest BCUT2D eigenvalue weighted by Crippen LogP contribution is 2.26. The lowest BCUT2D eigenvalue weighted by Gasteiger charge is -2.07. The Balaban J connectivity index is 2.54. The number of aromatic nitrogens is 2. The van der Waals surface area contributed by atoms with Crippen molar-refractivity contribution < 1.29 is 13.9 Å². The van der Waals surface area contributed by atoms with Gasteiger partial charge in [0.2, 0.25) is 5.91 Å². The molecule has 1 aromatic heterocycles. The molecule has 1 aromatic carbocycles. The standard InChI is InChI=1S/C12H13ClFN3O2/c1-19-10-5-9-8(4-7(10)14)16-12(6-13)17(9)3-2-11(15)18/h4-5H,2-3,6H2,1H3,(H2,15,18). The third kappa shape index (κ3) is 2.63. The lowest BCUT2D eigenvalue weighted by molar-refractivity contribution is -0.118. The van der Waals surface area contributed by atoms with E-state index < -0.39 is 11.7 Å². The van der Waals surface area contributed by atoms with Gasteiger partial charge in [-0.15, -0.1) is 11.6 Å². The molecule has 7 heteroatoms. The van der Waals surface area contributed by atoms with E-state index in [-0.39, 0.29) is 18.1 Å². The second kappa shape index (κ2) is 5.44. The third-order valence-electron chi connectivity index (χ3n) is 2.80. The molecular formula is C12H13ClFN3O2. The van der Waals surface area contributed by atoms with Crippen LogP contribution < -0.4 is 10.5 Å². The van der Waals surface area contributed by atoms with E-state index in [4.69, 9.17) is 22.1 Å². The van der Waals surface area contributed by atoms with Gasteiger partial charge >= 0.3 is 0 Å². The first kappa shape index (κ1) is 13.6. The average Bonchev–Trinajstić information content (AvgIpc) is 2.71. The zero-order chi connectivity index (χ0) is 14.0. The first-order chi connectivity index (χ1) is 9.06. The molecule has 0 radical (unpaired) electrons. The van der Waals surface area contributed by atoms with Gasteiger partial charge in [-0.1, -0.05) is 0 Å². The van der Waals surface area contributed by atoms with Crippen molar-refractivity contribution in [3.05, 3.63) is 23.8 Å². The number of alkyl halides is 1. The number of benzene rings is 1. The molecule has 2 N–H and O–H groups in total. The summed E-state index contributed by atoms with van der Waals surface area (Å²) in [6, 6.07) is 2.82. The molecule has 0 unspecified atom stereocenters. The number of imidazole rings is 1. The molecule has 19 heavy (non-hydrogen) atoms. The monoisotopic (exact) mass is 285 g/mol. The van der Waals surface area contributed by atoms with Gasteiger partial charge in [-0.25, -0.2) is 9.37 Å². The second-order valence-corrected chi connectivity index (χ2v) is 4.27. The lowest BCUT2D eigenvalue weighted by Crippen LogP contribution is -2.14. The van der Waals surface area contributed by atoms with E-state index >= 15 is 0 Å². The number of primary amides is 1. The zero-order valence-electron chi connectivity index (χ0n) is 10.3. The maximum Gasteiger partial charge on any atom is 0.219 e. The van der Waals surface area contributed by atoms with Gasteiger partial charge in [0, 0.05) is 25.1 Å². The van der Waals surface area contributed by atoms with Crippen molar-refractivity contribution in [1.29, 1.82) is 0 Å². The highest BCUT2D eigenvalue weighted by atomic mass is 35.5. The van der Waals surface area contributed by atoms with Gasteiger partial charge in [0.05, 0.1) is 24.0 Å². The molecule has 1 amide bonds. The second-order valence-electron chi connectivity index (χ2n) is 4.01. The Morgan fingerprint density at radius 3 is 2.89 bits per heavy atom. The Morgan fingerprint density at radius 1 is 1.58 bits per heavy atom. The summed E-state index contributed by atoms with van der Waals surface area (Å²) in [5, 5.41) is 0. The molecule has 0 saturated heterocycles. The summed E-state index contributed by atoms with van der Waals surface area (Å²) < 4.78 is 20.3. The minimum Gasteiger partial charge on any atom is -0.494 e. The Labute approximate surface area is 114 Å². The van der Waals surface area contributed by atoms with Crippen molar-refractivity contribution in [3.63, 3.8) is 0 Å². The fourth-order valence-electron chi connectivity index (χ4n) is 1.91. The molecule has 5 nitrogen and oxygen atoms in total. The number of hydrogen-bond donors (Lipinski definition) is 1. The number of hydrogen-bond acceptors (Lipinski definition) is 3. The first-order valence-corrected chi connectivity index (χ1v) is 6.17. The fraction of sp³-hybridized carbons (Fsp3) is 0.333. The number of carbonyl (C=O) groups excluding carboxylic acids is 1. The van der Waals surface area contributed by atoms with Crippen LogP contribution in [0.4, 0.5) is 4.39 Å². The number of halogens is 2. The van der Waals surface area contributed by atoms with Crippen LogP contribution >= 0.6 is 11.6 Å². The Bertz CT molecular complexity index is 627. The van der Waals surface area contributed by atoms with E-state index in [1.807, 2.05) is 0 Å². The molecule has 2 rings (SSSR count). The molecule has 0 saturated carbocycles. The minimum atomic E-state index is -0.490. The van der Waals surface area contributed by atoms with Crippen molar-refractivity contribution in [2.24, 2.45) is 5.73 Å². The number of nitrogens with zero attached hydrogens (tertiary/aromatic N) is 2. The smallest absolute Gasteiger partial charge is 0.219 e. The lowest BCUT2D eigenvalue weighted by atomic mass is 10.2. The van der Waals surface area contributed by atoms with Crippen LogP contribution in [-0.2, 0) is 17.2 Å². The summed E-state index contributed by atoms with van der Waals surface area (Å²) in [4.78, 5) is 15.1. The molecule has 0 spiro atoms. The van der Waals surface area contributed by atoms with E-state index in [1.165, 1.54) is 19.2 Å². The number of amides is 1. The zero-order valence-corrected chi connectivity index (χ0v) is 11.1. The number of methoxy groups -OCH3 is 1. The molecule has 0 atom stereocenters. The molecule has 0 aliphatic heterocycles. The molecule has 0 aliphatic carbocycles. The maximum absolute atomic E-state index is 13.6. The Hall–Kier alpha value is -1.82. The van der Waals surface area contributed by atoms with Gasteiger partial charge in [0.25, 0.3) is 0 Å². The van der Waals surface area contributed by atoms with Crippen LogP contribution in [0.25, 0.3) is 11.0 Å². The van der Waals surface area contributed by atoms with E-state index in [0.29, 0.717) is 23.4 Å². The van der Waals surface area contributed by atoms with Crippen LogP contribution in [0.5, 0.6) is 5.75 Å². The Morgan fingerprint density at radius 2 is 2.32 bits per heavy atom. The quantitative estimate of drug-likeness (QED) is 0.852. The fourth-order valence-corrected chi connectivity index (χ4v) is 2.11. The number of nitrogens with two attached hydrogens (primary N) is 1. The topological polar surface area (TPSA) is 70.1 Å². The average molecular weight is 286 g/mol. The van der Waals surface area contributed by atoms with Crippen LogP contribution in [0, 0.1) is 5.82 Å². The summed E-state index contributed by atoms with van der Waals surface area (Å²) in [5.41, 5.74) is 6.27. The maximum atomic E-state index is 13.6. The van der Waals surface area contributed by atoms with E-state index in [9.17, 15) is 9.18 Å². The van der Waals surface area contributed by atoms with Crippen LogP contribution in [0.3, 0.4) is 0 Å². The van der Waals surface area contributed by atoms with Gasteiger partial charge in [-0.05, 0) is 0 Å². The summed E-state index contributed by atoms with van der Waals surface area (Å²) in [6.07, 6.45) is 0.162. The largest absolute Gasteiger partial charge is 0.494 e. The molecule has 2 aromatic rings. The highest BCUT2D eigenvalue weighted by Gasteiger charge is 2.14. The minimum absolute atomic E-state index is 0.119. The molecular weight excluding hydrogens is 273 g/mol. The van der Waals surface area contributed by atoms with Crippen molar-refractivity contribution in [2.45, 2.75) is 18.8 Å². The summed E-state index contributed by atoms with van der Waals surface area (Å²) in [6.45, 7) is 0.350. The molecule has 1 heterocycles. The van der Waals surface area contributed by atoms with Crippen LogP contribution in [0.15, 0.2) is 12.1 Å². The summed E-state index contributed by atoms with van der Waals surface area (Å²) >= 11 is 5.81. The van der Waals surface area contributed by atoms with E-state index in [1.54, 1.807) is 4.57 Å². The van der Waals surface area contributed by atoms with Crippen LogP contribution in [0.1, 0.15) is 12.2 Å². The molecule has 0 bridgehead atoms. The predicted molar refractivity (Wildman–Crippen MR) is 69.6 cm³/mol. The summed E-state index contributed by atoms with van der Waals surface area (Å²) in [5.74, 6) is -0.0660. The number of aryl methyl sites for hydroxylation is 1. The number of fused-ring (bicyclic) bond motifs is 1. The number of rotatable bonds is 5. The summed E-state index contributed by atoms with van der Waals surface area (Å²) in [7, 11) is 1.39. The van der Waals surface area contributed by atoms with Crippen molar-refractivity contribution in [3.8, 4) is 5.75 Å².